The van der Waals surface area contributed by atoms with Crippen molar-refractivity contribution in [1.82, 2.24) is 9.88 Å². The Balaban J connectivity index is 1.57. The fourth-order valence-corrected chi connectivity index (χ4v) is 2.79. The van der Waals surface area contributed by atoms with E-state index in [-0.39, 0.29) is 12.1 Å². The molecule has 2 heterocycles. The number of anilines is 1. The lowest BCUT2D eigenvalue weighted by Crippen LogP contribution is -2.34. The number of hydrogen-bond acceptors (Lipinski definition) is 4. The maximum atomic E-state index is 12.3. The van der Waals surface area contributed by atoms with Crippen LogP contribution in [0.3, 0.4) is 0 Å². The minimum Gasteiger partial charge on any atom is -0.472 e. The lowest BCUT2D eigenvalue weighted by molar-refractivity contribution is 0.189. The van der Waals surface area contributed by atoms with Crippen molar-refractivity contribution in [2.45, 2.75) is 26.0 Å². The van der Waals surface area contributed by atoms with Gasteiger partial charge in [-0.05, 0) is 30.7 Å². The number of ether oxygens (including phenoxy) is 1. The Morgan fingerprint density at radius 1 is 1.38 bits per heavy atom. The number of nitrogens with two attached hydrogens (primary N) is 1. The third-order valence-corrected chi connectivity index (χ3v) is 3.97. The molecule has 2 amide bonds. The van der Waals surface area contributed by atoms with Gasteiger partial charge in [-0.2, -0.15) is 0 Å². The highest BCUT2D eigenvalue weighted by Gasteiger charge is 2.28. The minimum absolute atomic E-state index is 0.0496. The molecule has 24 heavy (non-hydrogen) atoms. The van der Waals surface area contributed by atoms with E-state index >= 15 is 0 Å². The monoisotopic (exact) mass is 326 g/mol. The second kappa shape index (κ2) is 7.31. The standard InChI is InChI=1S/C18H22N4O2/c1-13-9-14(11-19)10-17(20-13)24-16-7-8-22(12-16)18(23)21-15-5-3-2-4-6-15/h2-6,9-10,16H,7-8,11-12,19H2,1H3,(H,21,23)/t16-/m1/s1. The number of carbonyl (C=O) groups is 1. The van der Waals surface area contributed by atoms with E-state index in [1.54, 1.807) is 4.90 Å². The van der Waals surface area contributed by atoms with E-state index in [4.69, 9.17) is 10.5 Å². The third-order valence-electron chi connectivity index (χ3n) is 3.97. The van der Waals surface area contributed by atoms with Crippen molar-refractivity contribution < 1.29 is 9.53 Å². The number of para-hydroxylation sites is 1. The van der Waals surface area contributed by atoms with Crippen LogP contribution in [0.15, 0.2) is 42.5 Å². The molecule has 1 fully saturated rings. The summed E-state index contributed by atoms with van der Waals surface area (Å²) in [5, 5.41) is 2.89. The molecule has 6 nitrogen and oxygen atoms in total. The quantitative estimate of drug-likeness (QED) is 0.905. The second-order valence-electron chi connectivity index (χ2n) is 5.93. The number of aromatic nitrogens is 1. The summed E-state index contributed by atoms with van der Waals surface area (Å²) in [6.45, 7) is 3.58. The zero-order valence-electron chi connectivity index (χ0n) is 13.7. The summed E-state index contributed by atoms with van der Waals surface area (Å²) < 4.78 is 5.94. The van der Waals surface area contributed by atoms with Crippen LogP contribution in [0.25, 0.3) is 0 Å². The largest absolute Gasteiger partial charge is 0.472 e. The second-order valence-corrected chi connectivity index (χ2v) is 5.93. The van der Waals surface area contributed by atoms with Gasteiger partial charge in [0.1, 0.15) is 6.10 Å². The lowest BCUT2D eigenvalue weighted by atomic mass is 10.2. The van der Waals surface area contributed by atoms with Crippen LogP contribution in [0.5, 0.6) is 5.88 Å². The molecule has 0 unspecified atom stereocenters. The molecule has 3 rings (SSSR count). The lowest BCUT2D eigenvalue weighted by Gasteiger charge is -2.18. The summed E-state index contributed by atoms with van der Waals surface area (Å²) in [5.41, 5.74) is 8.35. The molecule has 126 valence electrons. The topological polar surface area (TPSA) is 80.5 Å². The molecular formula is C18H22N4O2. The maximum Gasteiger partial charge on any atom is 0.321 e. The van der Waals surface area contributed by atoms with Gasteiger partial charge >= 0.3 is 6.03 Å². The van der Waals surface area contributed by atoms with Gasteiger partial charge in [0.05, 0.1) is 6.54 Å². The van der Waals surface area contributed by atoms with Gasteiger partial charge in [-0.15, -0.1) is 0 Å². The van der Waals surface area contributed by atoms with E-state index in [1.807, 2.05) is 49.4 Å². The minimum atomic E-state index is -0.104. The van der Waals surface area contributed by atoms with Crippen LogP contribution in [-0.2, 0) is 6.54 Å². The molecular weight excluding hydrogens is 304 g/mol. The van der Waals surface area contributed by atoms with Gasteiger partial charge in [-0.1, -0.05) is 18.2 Å². The Kier molecular flexibility index (Phi) is 4.96. The zero-order chi connectivity index (χ0) is 16.9. The van der Waals surface area contributed by atoms with Crippen LogP contribution >= 0.6 is 0 Å². The van der Waals surface area contributed by atoms with Gasteiger partial charge in [0, 0.05) is 37.0 Å². The Labute approximate surface area is 141 Å². The first kappa shape index (κ1) is 16.3. The fourth-order valence-electron chi connectivity index (χ4n) is 2.79. The van der Waals surface area contributed by atoms with Crippen LogP contribution in [0.4, 0.5) is 10.5 Å². The zero-order valence-corrected chi connectivity index (χ0v) is 13.7. The van der Waals surface area contributed by atoms with Gasteiger partial charge in [0.25, 0.3) is 0 Å². The van der Waals surface area contributed by atoms with E-state index in [1.165, 1.54) is 0 Å². The molecule has 2 aromatic rings. The van der Waals surface area contributed by atoms with Crippen LogP contribution in [-0.4, -0.2) is 35.1 Å². The first-order valence-corrected chi connectivity index (χ1v) is 8.09. The molecule has 0 saturated carbocycles. The molecule has 0 aliphatic carbocycles. The highest BCUT2D eigenvalue weighted by Crippen LogP contribution is 2.19. The molecule has 1 aromatic carbocycles. The van der Waals surface area contributed by atoms with E-state index in [2.05, 4.69) is 10.3 Å². The summed E-state index contributed by atoms with van der Waals surface area (Å²) in [7, 11) is 0. The molecule has 1 aliphatic rings. The van der Waals surface area contributed by atoms with E-state index in [0.29, 0.717) is 25.5 Å². The number of carbonyl (C=O) groups excluding carboxylic acids is 1. The third kappa shape index (κ3) is 4.02. The number of rotatable bonds is 4. The number of nitrogens with zero attached hydrogens (tertiary/aromatic N) is 2. The van der Waals surface area contributed by atoms with Crippen LogP contribution < -0.4 is 15.8 Å². The number of aryl methyl sites for hydroxylation is 1. The number of pyridine rings is 1. The van der Waals surface area contributed by atoms with E-state index in [9.17, 15) is 4.79 Å². The summed E-state index contributed by atoms with van der Waals surface area (Å²) in [4.78, 5) is 18.4. The number of nitrogens with one attached hydrogen (secondary N) is 1. The van der Waals surface area contributed by atoms with Crippen molar-refractivity contribution >= 4 is 11.7 Å². The summed E-state index contributed by atoms with van der Waals surface area (Å²) in [5.74, 6) is 0.575. The average Bonchev–Trinajstić information content (AvgIpc) is 3.04. The van der Waals surface area contributed by atoms with Crippen molar-refractivity contribution in [3.8, 4) is 5.88 Å². The normalized spacial score (nSPS) is 16.9. The van der Waals surface area contributed by atoms with Gasteiger partial charge < -0.3 is 20.7 Å². The van der Waals surface area contributed by atoms with Crippen molar-refractivity contribution in [3.05, 3.63) is 53.7 Å². The van der Waals surface area contributed by atoms with Gasteiger partial charge in [-0.3, -0.25) is 0 Å². The summed E-state index contributed by atoms with van der Waals surface area (Å²) in [6.07, 6.45) is 0.738. The van der Waals surface area contributed by atoms with Crippen molar-refractivity contribution in [2.24, 2.45) is 5.73 Å². The molecule has 1 saturated heterocycles. The number of urea groups is 1. The SMILES string of the molecule is Cc1cc(CN)cc(O[C@@H]2CCN(C(=O)Nc3ccccc3)C2)n1. The van der Waals surface area contributed by atoms with Crippen molar-refractivity contribution in [1.29, 1.82) is 0 Å². The predicted octanol–water partition coefficient (Wildman–Crippen LogP) is 2.53. The maximum absolute atomic E-state index is 12.3. The highest BCUT2D eigenvalue weighted by atomic mass is 16.5. The molecule has 0 radical (unpaired) electrons. The van der Waals surface area contributed by atoms with E-state index < -0.39 is 0 Å². The number of benzene rings is 1. The first-order chi connectivity index (χ1) is 11.6. The Morgan fingerprint density at radius 3 is 2.92 bits per heavy atom. The summed E-state index contributed by atoms with van der Waals surface area (Å²) >= 11 is 0. The smallest absolute Gasteiger partial charge is 0.321 e. The van der Waals surface area contributed by atoms with Crippen molar-refractivity contribution in [3.63, 3.8) is 0 Å². The average molecular weight is 326 g/mol. The molecule has 3 N–H and O–H groups in total. The fraction of sp³-hybridized carbons (Fsp3) is 0.333. The Morgan fingerprint density at radius 2 is 2.17 bits per heavy atom. The molecule has 0 bridgehead atoms. The van der Waals surface area contributed by atoms with E-state index in [0.717, 1.165) is 23.4 Å². The van der Waals surface area contributed by atoms with Crippen LogP contribution in [0.2, 0.25) is 0 Å². The number of hydrogen-bond donors (Lipinski definition) is 2. The molecule has 1 aliphatic heterocycles. The van der Waals surface area contributed by atoms with Gasteiger partial charge in [0.2, 0.25) is 5.88 Å². The molecule has 0 spiro atoms. The first-order valence-electron chi connectivity index (χ1n) is 8.09. The summed E-state index contributed by atoms with van der Waals surface area (Å²) in [6, 6.07) is 13.1. The van der Waals surface area contributed by atoms with Gasteiger partial charge in [-0.25, -0.2) is 9.78 Å². The molecule has 6 heteroatoms. The molecule has 1 aromatic heterocycles. The van der Waals surface area contributed by atoms with Gasteiger partial charge in [0.15, 0.2) is 0 Å². The number of likely N-dealkylation sites (tertiary alicyclic amines) is 1. The number of amides is 2. The Bertz CT molecular complexity index is 705. The molecule has 1 atom stereocenters. The highest BCUT2D eigenvalue weighted by molar-refractivity contribution is 5.89. The van der Waals surface area contributed by atoms with Crippen molar-refractivity contribution in [2.75, 3.05) is 18.4 Å². The van der Waals surface area contributed by atoms with Crippen LogP contribution in [0.1, 0.15) is 17.7 Å². The Hall–Kier alpha value is -2.60. The van der Waals surface area contributed by atoms with Crippen LogP contribution in [0, 0.1) is 6.92 Å². The predicted molar refractivity (Wildman–Crippen MR) is 92.9 cm³/mol.